The molecule has 184 valence electrons. The zero-order chi connectivity index (χ0) is 25.4. The van der Waals surface area contributed by atoms with Crippen molar-refractivity contribution in [3.63, 3.8) is 0 Å². The van der Waals surface area contributed by atoms with Crippen molar-refractivity contribution in [3.8, 4) is 5.75 Å². The molecule has 0 aliphatic heterocycles. The first-order valence-electron chi connectivity index (χ1n) is 11.5. The van der Waals surface area contributed by atoms with Crippen molar-refractivity contribution in [1.82, 2.24) is 10.2 Å². The molecule has 0 heterocycles. The van der Waals surface area contributed by atoms with Crippen LogP contribution in [0.4, 0.5) is 4.39 Å². The number of carbonyl (C=O) groups excluding carboxylic acids is 2. The first kappa shape index (κ1) is 26.4. The third kappa shape index (κ3) is 7.65. The van der Waals surface area contributed by atoms with E-state index in [0.29, 0.717) is 11.3 Å². The van der Waals surface area contributed by atoms with Crippen LogP contribution in [0.3, 0.4) is 0 Å². The van der Waals surface area contributed by atoms with E-state index in [1.807, 2.05) is 63.2 Å². The Balaban J connectivity index is 1.92. The van der Waals surface area contributed by atoms with E-state index in [4.69, 9.17) is 4.74 Å². The van der Waals surface area contributed by atoms with Gasteiger partial charge in [-0.2, -0.15) is 0 Å². The van der Waals surface area contributed by atoms with Crippen LogP contribution in [0.1, 0.15) is 30.5 Å². The molecule has 0 radical (unpaired) electrons. The highest BCUT2D eigenvalue weighted by Crippen LogP contribution is 2.22. The molecule has 1 atom stereocenters. The number of ether oxygens (including phenoxy) is 1. The smallest absolute Gasteiger partial charge is 0.261 e. The molecule has 5 nitrogen and oxygen atoms in total. The summed E-state index contributed by atoms with van der Waals surface area (Å²) in [7, 11) is 0. The number of halogens is 2. The van der Waals surface area contributed by atoms with E-state index in [1.165, 1.54) is 11.0 Å². The molecule has 35 heavy (non-hydrogen) atoms. The number of nitrogens with zero attached hydrogens (tertiary/aromatic N) is 1. The summed E-state index contributed by atoms with van der Waals surface area (Å²) < 4.78 is 21.3. The number of benzene rings is 3. The van der Waals surface area contributed by atoms with E-state index in [1.54, 1.807) is 24.3 Å². The lowest BCUT2D eigenvalue weighted by molar-refractivity contribution is -0.143. The van der Waals surface area contributed by atoms with E-state index < -0.39 is 17.8 Å². The molecule has 0 spiro atoms. The molecule has 0 aliphatic carbocycles. The van der Waals surface area contributed by atoms with Crippen LogP contribution < -0.4 is 10.1 Å². The van der Waals surface area contributed by atoms with E-state index in [-0.39, 0.29) is 31.5 Å². The summed E-state index contributed by atoms with van der Waals surface area (Å²) >= 11 is 3.45. The Morgan fingerprint density at radius 3 is 2.37 bits per heavy atom. The Morgan fingerprint density at radius 2 is 1.71 bits per heavy atom. The zero-order valence-electron chi connectivity index (χ0n) is 20.1. The van der Waals surface area contributed by atoms with Crippen molar-refractivity contribution in [1.29, 1.82) is 0 Å². The molecule has 3 rings (SSSR count). The number of rotatable bonds is 10. The Kier molecular flexibility index (Phi) is 9.43. The molecule has 0 aliphatic rings. The van der Waals surface area contributed by atoms with Crippen molar-refractivity contribution < 1.29 is 18.7 Å². The van der Waals surface area contributed by atoms with Gasteiger partial charge in [-0.05, 0) is 56.2 Å². The summed E-state index contributed by atoms with van der Waals surface area (Å²) in [6, 6.07) is 20.2. The van der Waals surface area contributed by atoms with Crippen molar-refractivity contribution in [2.45, 2.75) is 45.8 Å². The van der Waals surface area contributed by atoms with Crippen LogP contribution in [0.15, 0.2) is 77.3 Å². The topological polar surface area (TPSA) is 58.6 Å². The lowest BCUT2D eigenvalue weighted by atomic mass is 10.0. The summed E-state index contributed by atoms with van der Waals surface area (Å²) in [4.78, 5) is 28.2. The van der Waals surface area contributed by atoms with Crippen LogP contribution in [0, 0.1) is 12.7 Å². The highest BCUT2D eigenvalue weighted by Gasteiger charge is 2.31. The standard InChI is InChI=1S/C28H30BrFN2O3/c1-19(2)31-28(34)26(16-21-9-5-4-6-10-21)32(17-22-11-7-8-12-25(22)30)27(33)18-35-23-13-14-24(29)20(3)15-23/h4-15,19,26H,16-18H2,1-3H3,(H,31,34). The highest BCUT2D eigenvalue weighted by molar-refractivity contribution is 9.10. The van der Waals surface area contributed by atoms with Gasteiger partial charge in [-0.3, -0.25) is 9.59 Å². The fraction of sp³-hybridized carbons (Fsp3) is 0.286. The highest BCUT2D eigenvalue weighted by atomic mass is 79.9. The molecular formula is C28H30BrFN2O3. The van der Waals surface area contributed by atoms with Crippen LogP contribution in [0.2, 0.25) is 0 Å². The molecule has 1 N–H and O–H groups in total. The number of hydrogen-bond donors (Lipinski definition) is 1. The fourth-order valence-corrected chi connectivity index (χ4v) is 3.93. The van der Waals surface area contributed by atoms with E-state index in [0.717, 1.165) is 15.6 Å². The first-order chi connectivity index (χ1) is 16.7. The summed E-state index contributed by atoms with van der Waals surface area (Å²) in [5.74, 6) is -0.602. The Labute approximate surface area is 214 Å². The summed E-state index contributed by atoms with van der Waals surface area (Å²) in [5.41, 5.74) is 2.19. The molecule has 0 saturated heterocycles. The monoisotopic (exact) mass is 540 g/mol. The van der Waals surface area contributed by atoms with Gasteiger partial charge in [-0.15, -0.1) is 0 Å². The Hall–Kier alpha value is -3.19. The van der Waals surface area contributed by atoms with Gasteiger partial charge >= 0.3 is 0 Å². The van der Waals surface area contributed by atoms with Crippen LogP contribution in [0.25, 0.3) is 0 Å². The number of nitrogens with one attached hydrogen (secondary N) is 1. The number of amides is 2. The van der Waals surface area contributed by atoms with Gasteiger partial charge < -0.3 is 15.0 Å². The molecule has 3 aromatic rings. The second kappa shape index (κ2) is 12.5. The van der Waals surface area contributed by atoms with Gasteiger partial charge in [0.1, 0.15) is 17.6 Å². The van der Waals surface area contributed by atoms with Gasteiger partial charge in [0.05, 0.1) is 0 Å². The van der Waals surface area contributed by atoms with Gasteiger partial charge in [-0.25, -0.2) is 4.39 Å². The van der Waals surface area contributed by atoms with E-state index >= 15 is 0 Å². The van der Waals surface area contributed by atoms with Crippen LogP contribution in [0.5, 0.6) is 5.75 Å². The van der Waals surface area contributed by atoms with Crippen molar-refractivity contribution in [3.05, 3.63) is 99.8 Å². The van der Waals surface area contributed by atoms with E-state index in [2.05, 4.69) is 21.2 Å². The third-order valence-electron chi connectivity index (χ3n) is 5.49. The van der Waals surface area contributed by atoms with Crippen LogP contribution in [-0.4, -0.2) is 35.4 Å². The van der Waals surface area contributed by atoms with Crippen LogP contribution >= 0.6 is 15.9 Å². The second-order valence-corrected chi connectivity index (χ2v) is 9.54. The maximum Gasteiger partial charge on any atom is 0.261 e. The normalized spacial score (nSPS) is 11.7. The number of aryl methyl sites for hydroxylation is 1. The van der Waals surface area contributed by atoms with E-state index in [9.17, 15) is 14.0 Å². The predicted molar refractivity (Wildman–Crippen MR) is 139 cm³/mol. The maximum absolute atomic E-state index is 14.6. The summed E-state index contributed by atoms with van der Waals surface area (Å²) in [6.07, 6.45) is 0.289. The second-order valence-electron chi connectivity index (χ2n) is 8.68. The Bertz CT molecular complexity index is 1150. The van der Waals surface area contributed by atoms with Gasteiger partial charge in [0, 0.05) is 29.0 Å². The lowest BCUT2D eigenvalue weighted by Gasteiger charge is -2.32. The molecule has 0 aromatic heterocycles. The van der Waals surface area contributed by atoms with Gasteiger partial charge in [0.25, 0.3) is 5.91 Å². The average Bonchev–Trinajstić information content (AvgIpc) is 2.83. The van der Waals surface area contributed by atoms with Crippen molar-refractivity contribution in [2.24, 2.45) is 0 Å². The zero-order valence-corrected chi connectivity index (χ0v) is 21.7. The predicted octanol–water partition coefficient (Wildman–Crippen LogP) is 5.44. The minimum Gasteiger partial charge on any atom is -0.484 e. The van der Waals surface area contributed by atoms with Crippen molar-refractivity contribution >= 4 is 27.7 Å². The molecule has 1 unspecified atom stereocenters. The maximum atomic E-state index is 14.6. The Morgan fingerprint density at radius 1 is 1.03 bits per heavy atom. The lowest BCUT2D eigenvalue weighted by Crippen LogP contribution is -2.53. The molecule has 2 amide bonds. The van der Waals surface area contributed by atoms with Crippen molar-refractivity contribution in [2.75, 3.05) is 6.61 Å². The molecule has 0 fully saturated rings. The molecule has 0 saturated carbocycles. The molecule has 7 heteroatoms. The minimum absolute atomic E-state index is 0.0583. The third-order valence-corrected chi connectivity index (χ3v) is 6.38. The average molecular weight is 541 g/mol. The quantitative estimate of drug-likeness (QED) is 0.372. The van der Waals surface area contributed by atoms with Crippen LogP contribution in [-0.2, 0) is 22.6 Å². The largest absolute Gasteiger partial charge is 0.484 e. The molecule has 0 bridgehead atoms. The number of hydrogen-bond acceptors (Lipinski definition) is 3. The molecular weight excluding hydrogens is 511 g/mol. The fourth-order valence-electron chi connectivity index (χ4n) is 3.68. The van der Waals surface area contributed by atoms with Gasteiger partial charge in [0.15, 0.2) is 6.61 Å². The van der Waals surface area contributed by atoms with Gasteiger partial charge in [0.2, 0.25) is 5.91 Å². The minimum atomic E-state index is -0.845. The summed E-state index contributed by atoms with van der Waals surface area (Å²) in [6.45, 7) is 5.31. The molecule has 3 aromatic carbocycles. The number of carbonyl (C=O) groups is 2. The SMILES string of the molecule is Cc1cc(OCC(=O)N(Cc2ccccc2F)C(Cc2ccccc2)C(=O)NC(C)C)ccc1Br. The van der Waals surface area contributed by atoms with Gasteiger partial charge in [-0.1, -0.05) is 64.5 Å². The summed E-state index contributed by atoms with van der Waals surface area (Å²) in [5, 5.41) is 2.91. The first-order valence-corrected chi connectivity index (χ1v) is 12.3.